The fourth-order valence-corrected chi connectivity index (χ4v) is 3.60. The third-order valence-corrected chi connectivity index (χ3v) is 5.11. The quantitative estimate of drug-likeness (QED) is 0.722. The number of rotatable bonds is 5. The van der Waals surface area contributed by atoms with E-state index in [2.05, 4.69) is 23.6 Å². The summed E-state index contributed by atoms with van der Waals surface area (Å²) in [6, 6.07) is 6.09. The number of aliphatic carboxylic acids is 1. The molecule has 126 valence electrons. The Labute approximate surface area is 141 Å². The van der Waals surface area contributed by atoms with Gasteiger partial charge in [0.1, 0.15) is 0 Å². The SMILES string of the molecule is CSc1cc(C)ccc1CNC(=O)NC1CCC(C(=O)O)CC1. The van der Waals surface area contributed by atoms with Crippen LogP contribution in [-0.2, 0) is 11.3 Å². The van der Waals surface area contributed by atoms with Gasteiger partial charge in [-0.2, -0.15) is 0 Å². The van der Waals surface area contributed by atoms with Crippen molar-refractivity contribution in [1.82, 2.24) is 10.6 Å². The standard InChI is InChI=1S/C17H24N2O3S/c1-11-3-4-13(15(9-11)23-2)10-18-17(22)19-14-7-5-12(6-8-14)16(20)21/h3-4,9,12,14H,5-8,10H2,1-2H3,(H,20,21)(H2,18,19,22). The predicted octanol–water partition coefficient (Wildman–Crippen LogP) is 3.16. The van der Waals surface area contributed by atoms with Crippen LogP contribution in [0.25, 0.3) is 0 Å². The van der Waals surface area contributed by atoms with Crippen molar-refractivity contribution in [3.8, 4) is 0 Å². The normalized spacial score (nSPS) is 20.8. The lowest BCUT2D eigenvalue weighted by Gasteiger charge is -2.26. The van der Waals surface area contributed by atoms with Gasteiger partial charge < -0.3 is 15.7 Å². The lowest BCUT2D eigenvalue weighted by atomic mass is 9.86. The molecule has 5 nitrogen and oxygen atoms in total. The predicted molar refractivity (Wildman–Crippen MR) is 91.7 cm³/mol. The Hall–Kier alpha value is -1.69. The number of carbonyl (C=O) groups excluding carboxylic acids is 1. The molecule has 2 amide bonds. The summed E-state index contributed by atoms with van der Waals surface area (Å²) in [4.78, 5) is 24.1. The second kappa shape index (κ2) is 8.24. The van der Waals surface area contributed by atoms with Crippen molar-refractivity contribution in [3.63, 3.8) is 0 Å². The summed E-state index contributed by atoms with van der Waals surface area (Å²) in [5, 5.41) is 14.8. The molecule has 1 fully saturated rings. The highest BCUT2D eigenvalue weighted by molar-refractivity contribution is 7.98. The third-order valence-electron chi connectivity index (χ3n) is 4.29. The molecule has 2 rings (SSSR count). The van der Waals surface area contributed by atoms with Crippen LogP contribution in [0.4, 0.5) is 4.79 Å². The zero-order valence-electron chi connectivity index (χ0n) is 13.6. The Bertz CT molecular complexity index is 569. The highest BCUT2D eigenvalue weighted by Crippen LogP contribution is 2.24. The molecule has 1 aliphatic rings. The molecule has 23 heavy (non-hydrogen) atoms. The second-order valence-electron chi connectivity index (χ2n) is 6.03. The van der Waals surface area contributed by atoms with E-state index in [1.165, 1.54) is 10.5 Å². The van der Waals surface area contributed by atoms with Crippen molar-refractivity contribution >= 4 is 23.8 Å². The van der Waals surface area contributed by atoms with Crippen molar-refractivity contribution in [2.45, 2.75) is 50.1 Å². The number of carboxylic acid groups (broad SMARTS) is 1. The Morgan fingerprint density at radius 2 is 1.96 bits per heavy atom. The average Bonchev–Trinajstić information content (AvgIpc) is 2.54. The van der Waals surface area contributed by atoms with Crippen LogP contribution in [0.3, 0.4) is 0 Å². The van der Waals surface area contributed by atoms with Gasteiger partial charge in [0.15, 0.2) is 0 Å². The molecule has 6 heteroatoms. The molecule has 0 saturated heterocycles. The van der Waals surface area contributed by atoms with Gasteiger partial charge in [-0.1, -0.05) is 12.1 Å². The summed E-state index contributed by atoms with van der Waals surface area (Å²) < 4.78 is 0. The van der Waals surface area contributed by atoms with Gasteiger partial charge in [-0.05, 0) is 56.1 Å². The van der Waals surface area contributed by atoms with Crippen molar-refractivity contribution in [2.75, 3.05) is 6.26 Å². The monoisotopic (exact) mass is 336 g/mol. The van der Waals surface area contributed by atoms with E-state index in [1.54, 1.807) is 11.8 Å². The van der Waals surface area contributed by atoms with Crippen LogP contribution in [0, 0.1) is 12.8 Å². The van der Waals surface area contributed by atoms with Gasteiger partial charge in [0, 0.05) is 17.5 Å². The number of thioether (sulfide) groups is 1. The molecule has 0 atom stereocenters. The molecule has 0 radical (unpaired) electrons. The molecular weight excluding hydrogens is 312 g/mol. The topological polar surface area (TPSA) is 78.4 Å². The van der Waals surface area contributed by atoms with E-state index in [9.17, 15) is 9.59 Å². The van der Waals surface area contributed by atoms with E-state index in [4.69, 9.17) is 5.11 Å². The number of carbonyl (C=O) groups is 2. The van der Waals surface area contributed by atoms with Crippen LogP contribution in [0.2, 0.25) is 0 Å². The second-order valence-corrected chi connectivity index (χ2v) is 6.88. The van der Waals surface area contributed by atoms with E-state index in [1.807, 2.05) is 18.4 Å². The van der Waals surface area contributed by atoms with Crippen LogP contribution in [0.15, 0.2) is 23.1 Å². The molecule has 1 aromatic rings. The Morgan fingerprint density at radius 3 is 2.57 bits per heavy atom. The Balaban J connectivity index is 1.79. The molecule has 1 saturated carbocycles. The summed E-state index contributed by atoms with van der Waals surface area (Å²) in [5.41, 5.74) is 2.31. The van der Waals surface area contributed by atoms with Crippen LogP contribution in [0.1, 0.15) is 36.8 Å². The molecule has 0 heterocycles. The molecule has 1 aromatic carbocycles. The van der Waals surface area contributed by atoms with E-state index in [-0.39, 0.29) is 18.0 Å². The van der Waals surface area contributed by atoms with Crippen LogP contribution in [-0.4, -0.2) is 29.4 Å². The summed E-state index contributed by atoms with van der Waals surface area (Å²) in [5.74, 6) is -0.982. The van der Waals surface area contributed by atoms with Crippen molar-refractivity contribution in [3.05, 3.63) is 29.3 Å². The fraction of sp³-hybridized carbons (Fsp3) is 0.529. The third kappa shape index (κ3) is 5.16. The van der Waals surface area contributed by atoms with Gasteiger partial charge in [-0.15, -0.1) is 11.8 Å². The number of carboxylic acids is 1. The molecular formula is C17H24N2O3S. The van der Waals surface area contributed by atoms with Gasteiger partial charge in [-0.3, -0.25) is 4.79 Å². The summed E-state index contributed by atoms with van der Waals surface area (Å²) >= 11 is 1.67. The minimum absolute atomic E-state index is 0.0728. The number of hydrogen-bond donors (Lipinski definition) is 3. The first-order chi connectivity index (χ1) is 11.0. The number of hydrogen-bond acceptors (Lipinski definition) is 3. The first kappa shape index (κ1) is 17.7. The Morgan fingerprint density at radius 1 is 1.26 bits per heavy atom. The highest BCUT2D eigenvalue weighted by atomic mass is 32.2. The van der Waals surface area contributed by atoms with Crippen molar-refractivity contribution in [2.24, 2.45) is 5.92 Å². The van der Waals surface area contributed by atoms with Gasteiger partial charge in [0.25, 0.3) is 0 Å². The molecule has 1 aliphatic carbocycles. The summed E-state index contributed by atoms with van der Waals surface area (Å²) in [6.45, 7) is 2.55. The smallest absolute Gasteiger partial charge is 0.315 e. The summed E-state index contributed by atoms with van der Waals surface area (Å²) in [6.07, 6.45) is 4.75. The lowest BCUT2D eigenvalue weighted by molar-refractivity contribution is -0.142. The van der Waals surface area contributed by atoms with Gasteiger partial charge >= 0.3 is 12.0 Å². The van der Waals surface area contributed by atoms with Gasteiger partial charge in [0.05, 0.1) is 5.92 Å². The average molecular weight is 336 g/mol. The van der Waals surface area contributed by atoms with Gasteiger partial charge in [0.2, 0.25) is 0 Å². The number of nitrogens with one attached hydrogen (secondary N) is 2. The van der Waals surface area contributed by atoms with E-state index < -0.39 is 5.97 Å². The van der Waals surface area contributed by atoms with Crippen LogP contribution in [0.5, 0.6) is 0 Å². The minimum atomic E-state index is -0.725. The lowest BCUT2D eigenvalue weighted by Crippen LogP contribution is -2.43. The van der Waals surface area contributed by atoms with E-state index >= 15 is 0 Å². The largest absolute Gasteiger partial charge is 0.481 e. The fourth-order valence-electron chi connectivity index (χ4n) is 2.89. The minimum Gasteiger partial charge on any atom is -0.481 e. The number of benzene rings is 1. The molecule has 0 aliphatic heterocycles. The van der Waals surface area contributed by atoms with Gasteiger partial charge in [-0.25, -0.2) is 4.79 Å². The molecule has 0 unspecified atom stereocenters. The Kier molecular flexibility index (Phi) is 6.33. The maximum absolute atomic E-state index is 12.0. The maximum Gasteiger partial charge on any atom is 0.315 e. The number of urea groups is 1. The molecule has 0 aromatic heterocycles. The van der Waals surface area contributed by atoms with Crippen molar-refractivity contribution < 1.29 is 14.7 Å². The number of aryl methyl sites for hydroxylation is 1. The van der Waals surface area contributed by atoms with E-state index in [0.717, 1.165) is 18.4 Å². The maximum atomic E-state index is 12.0. The van der Waals surface area contributed by atoms with Crippen molar-refractivity contribution in [1.29, 1.82) is 0 Å². The van der Waals surface area contributed by atoms with Crippen LogP contribution < -0.4 is 10.6 Å². The van der Waals surface area contributed by atoms with E-state index in [0.29, 0.717) is 19.4 Å². The first-order valence-electron chi connectivity index (χ1n) is 7.90. The first-order valence-corrected chi connectivity index (χ1v) is 9.12. The molecule has 0 bridgehead atoms. The molecule has 0 spiro atoms. The highest BCUT2D eigenvalue weighted by Gasteiger charge is 2.26. The zero-order valence-corrected chi connectivity index (χ0v) is 14.4. The zero-order chi connectivity index (χ0) is 16.8. The van der Waals surface area contributed by atoms with Crippen LogP contribution >= 0.6 is 11.8 Å². The number of amides is 2. The summed E-state index contributed by atoms with van der Waals surface area (Å²) in [7, 11) is 0. The molecule has 3 N–H and O–H groups in total.